The number of fused-ring (bicyclic) bond motifs is 3. The molecule has 4 rings (SSSR count). The number of carbonyl (C=O) groups excluding carboxylic acids is 1. The normalized spacial score (nSPS) is 15.7. The molecule has 0 atom stereocenters. The van der Waals surface area contributed by atoms with Crippen LogP contribution in [-0.2, 0) is 0 Å². The van der Waals surface area contributed by atoms with Crippen LogP contribution in [0.15, 0.2) is 35.3 Å². The maximum atomic E-state index is 13.1. The standard InChI is InChI=1S/C19H22N4O2/c1-2-22(13-8-4-3-5-9-13)19(25)15-12-20-23-16-11-7-6-10-14(16)18(24)21-17(15)23/h6-7,10-13H,2-5,8-9H2,1H3,(H,21,24). The van der Waals surface area contributed by atoms with E-state index in [1.807, 2.05) is 30.0 Å². The molecule has 1 amide bonds. The molecule has 1 fully saturated rings. The molecule has 2 aromatic heterocycles. The number of rotatable bonds is 3. The molecule has 25 heavy (non-hydrogen) atoms. The van der Waals surface area contributed by atoms with Gasteiger partial charge in [-0.1, -0.05) is 31.4 Å². The molecular weight excluding hydrogens is 316 g/mol. The zero-order valence-corrected chi connectivity index (χ0v) is 14.4. The van der Waals surface area contributed by atoms with Crippen LogP contribution in [0.3, 0.4) is 0 Å². The number of aromatic nitrogens is 3. The van der Waals surface area contributed by atoms with Crippen molar-refractivity contribution < 1.29 is 4.79 Å². The number of para-hydroxylation sites is 1. The lowest BCUT2D eigenvalue weighted by molar-refractivity contribution is 0.0649. The number of amides is 1. The van der Waals surface area contributed by atoms with E-state index in [1.54, 1.807) is 16.8 Å². The highest BCUT2D eigenvalue weighted by Gasteiger charge is 2.27. The van der Waals surface area contributed by atoms with Crippen LogP contribution in [0.4, 0.5) is 0 Å². The molecule has 0 bridgehead atoms. The maximum Gasteiger partial charge on any atom is 0.259 e. The summed E-state index contributed by atoms with van der Waals surface area (Å²) in [6, 6.07) is 7.58. The van der Waals surface area contributed by atoms with Gasteiger partial charge in [0.25, 0.3) is 11.5 Å². The largest absolute Gasteiger partial charge is 0.336 e. The van der Waals surface area contributed by atoms with Gasteiger partial charge in [-0.15, -0.1) is 0 Å². The summed E-state index contributed by atoms with van der Waals surface area (Å²) in [5.74, 6) is -0.0460. The van der Waals surface area contributed by atoms with Crippen molar-refractivity contribution in [2.24, 2.45) is 0 Å². The lowest BCUT2D eigenvalue weighted by atomic mass is 9.94. The topological polar surface area (TPSA) is 70.5 Å². The Morgan fingerprint density at radius 2 is 2.04 bits per heavy atom. The quantitative estimate of drug-likeness (QED) is 0.798. The third kappa shape index (κ3) is 2.62. The number of hydrogen-bond acceptors (Lipinski definition) is 3. The summed E-state index contributed by atoms with van der Waals surface area (Å²) < 4.78 is 1.65. The van der Waals surface area contributed by atoms with Gasteiger partial charge in [-0.05, 0) is 31.9 Å². The van der Waals surface area contributed by atoms with Crippen LogP contribution in [-0.4, -0.2) is 38.0 Å². The number of aromatic amines is 1. The van der Waals surface area contributed by atoms with E-state index in [1.165, 1.54) is 19.3 Å². The second-order valence-electron chi connectivity index (χ2n) is 6.67. The zero-order chi connectivity index (χ0) is 17.4. The van der Waals surface area contributed by atoms with Crippen molar-refractivity contribution in [1.82, 2.24) is 19.5 Å². The summed E-state index contributed by atoms with van der Waals surface area (Å²) in [6.07, 6.45) is 7.27. The lowest BCUT2D eigenvalue weighted by Gasteiger charge is -2.33. The molecule has 0 radical (unpaired) electrons. The SMILES string of the molecule is CCN(C(=O)c1cnn2c1[nH]c(=O)c1ccccc12)C1CCCCC1. The molecule has 0 aliphatic heterocycles. The molecule has 0 saturated heterocycles. The summed E-state index contributed by atoms with van der Waals surface area (Å²) in [5, 5.41) is 4.94. The first kappa shape index (κ1) is 15.9. The predicted octanol–water partition coefficient (Wildman–Crippen LogP) is 2.97. The van der Waals surface area contributed by atoms with E-state index in [9.17, 15) is 9.59 Å². The summed E-state index contributed by atoms with van der Waals surface area (Å²) in [4.78, 5) is 30.3. The summed E-state index contributed by atoms with van der Waals surface area (Å²) in [6.45, 7) is 2.68. The number of carbonyl (C=O) groups is 1. The van der Waals surface area contributed by atoms with E-state index in [2.05, 4.69) is 10.1 Å². The van der Waals surface area contributed by atoms with E-state index in [0.717, 1.165) is 12.8 Å². The number of benzene rings is 1. The smallest absolute Gasteiger partial charge is 0.259 e. The fraction of sp³-hybridized carbons (Fsp3) is 0.421. The van der Waals surface area contributed by atoms with Crippen molar-refractivity contribution in [2.75, 3.05) is 6.54 Å². The molecule has 3 aromatic rings. The molecule has 1 saturated carbocycles. The van der Waals surface area contributed by atoms with Gasteiger partial charge in [0.15, 0.2) is 0 Å². The molecule has 0 spiro atoms. The highest BCUT2D eigenvalue weighted by atomic mass is 16.2. The third-order valence-corrected chi connectivity index (χ3v) is 5.23. The van der Waals surface area contributed by atoms with Crippen molar-refractivity contribution >= 4 is 22.5 Å². The first-order valence-corrected chi connectivity index (χ1v) is 9.00. The van der Waals surface area contributed by atoms with E-state index in [4.69, 9.17) is 0 Å². The van der Waals surface area contributed by atoms with Gasteiger partial charge in [0, 0.05) is 12.6 Å². The fourth-order valence-corrected chi connectivity index (χ4v) is 3.95. The Labute approximate surface area is 145 Å². The molecular formula is C19H22N4O2. The maximum absolute atomic E-state index is 13.1. The summed E-state index contributed by atoms with van der Waals surface area (Å²) in [5.41, 5.74) is 1.46. The van der Waals surface area contributed by atoms with Crippen LogP contribution < -0.4 is 5.56 Å². The molecule has 6 heteroatoms. The van der Waals surface area contributed by atoms with Gasteiger partial charge in [0.2, 0.25) is 0 Å². The Balaban J connectivity index is 1.80. The second-order valence-corrected chi connectivity index (χ2v) is 6.67. The van der Waals surface area contributed by atoms with Crippen molar-refractivity contribution in [2.45, 2.75) is 45.1 Å². The van der Waals surface area contributed by atoms with Gasteiger partial charge in [-0.3, -0.25) is 9.59 Å². The molecule has 2 heterocycles. The summed E-state index contributed by atoms with van der Waals surface area (Å²) >= 11 is 0. The minimum absolute atomic E-state index is 0.0460. The van der Waals surface area contributed by atoms with Crippen LogP contribution in [0.1, 0.15) is 49.4 Å². The van der Waals surface area contributed by atoms with Gasteiger partial charge in [0.05, 0.1) is 17.1 Å². The molecule has 1 aliphatic carbocycles. The van der Waals surface area contributed by atoms with E-state index < -0.39 is 0 Å². The van der Waals surface area contributed by atoms with E-state index >= 15 is 0 Å². The Hall–Kier alpha value is -2.63. The first-order chi connectivity index (χ1) is 12.2. The van der Waals surface area contributed by atoms with Crippen LogP contribution in [0.2, 0.25) is 0 Å². The highest BCUT2D eigenvalue weighted by molar-refractivity contribution is 6.00. The zero-order valence-electron chi connectivity index (χ0n) is 14.4. The van der Waals surface area contributed by atoms with Crippen molar-refractivity contribution in [3.05, 3.63) is 46.4 Å². The van der Waals surface area contributed by atoms with Crippen LogP contribution >= 0.6 is 0 Å². The van der Waals surface area contributed by atoms with Gasteiger partial charge in [-0.25, -0.2) is 4.52 Å². The van der Waals surface area contributed by atoms with E-state index in [-0.39, 0.29) is 17.5 Å². The third-order valence-electron chi connectivity index (χ3n) is 5.23. The molecule has 1 aromatic carbocycles. The number of nitrogens with zero attached hydrogens (tertiary/aromatic N) is 3. The average molecular weight is 338 g/mol. The number of hydrogen-bond donors (Lipinski definition) is 1. The second kappa shape index (κ2) is 6.35. The monoisotopic (exact) mass is 338 g/mol. The number of H-pyrrole nitrogens is 1. The predicted molar refractivity (Wildman–Crippen MR) is 96.9 cm³/mol. The Morgan fingerprint density at radius 1 is 1.28 bits per heavy atom. The van der Waals surface area contributed by atoms with Gasteiger partial charge < -0.3 is 9.88 Å². The van der Waals surface area contributed by atoms with Gasteiger partial charge in [0.1, 0.15) is 11.2 Å². The van der Waals surface area contributed by atoms with Gasteiger partial charge >= 0.3 is 0 Å². The average Bonchev–Trinajstić information content (AvgIpc) is 3.07. The minimum atomic E-state index is -0.196. The molecule has 1 aliphatic rings. The minimum Gasteiger partial charge on any atom is -0.336 e. The van der Waals surface area contributed by atoms with Crippen molar-refractivity contribution in [3.8, 4) is 0 Å². The molecule has 1 N–H and O–H groups in total. The summed E-state index contributed by atoms with van der Waals surface area (Å²) in [7, 11) is 0. The fourth-order valence-electron chi connectivity index (χ4n) is 3.95. The molecule has 130 valence electrons. The molecule has 0 unspecified atom stereocenters. The van der Waals surface area contributed by atoms with Crippen LogP contribution in [0.25, 0.3) is 16.6 Å². The number of nitrogens with one attached hydrogen (secondary N) is 1. The van der Waals surface area contributed by atoms with Crippen LogP contribution in [0, 0.1) is 0 Å². The Kier molecular flexibility index (Phi) is 4.03. The van der Waals surface area contributed by atoms with E-state index in [0.29, 0.717) is 28.7 Å². The highest BCUT2D eigenvalue weighted by Crippen LogP contribution is 2.25. The Morgan fingerprint density at radius 3 is 2.80 bits per heavy atom. The van der Waals surface area contributed by atoms with Crippen LogP contribution in [0.5, 0.6) is 0 Å². The first-order valence-electron chi connectivity index (χ1n) is 9.00. The van der Waals surface area contributed by atoms with Crippen molar-refractivity contribution in [1.29, 1.82) is 0 Å². The van der Waals surface area contributed by atoms with Gasteiger partial charge in [-0.2, -0.15) is 5.10 Å². The lowest BCUT2D eigenvalue weighted by Crippen LogP contribution is -2.41. The Bertz CT molecular complexity index is 982. The molecule has 6 nitrogen and oxygen atoms in total. The van der Waals surface area contributed by atoms with Crippen molar-refractivity contribution in [3.63, 3.8) is 0 Å².